The molecule has 0 aliphatic carbocycles. The quantitative estimate of drug-likeness (QED) is 0.710. The summed E-state index contributed by atoms with van der Waals surface area (Å²) in [6.45, 7) is 11.1. The van der Waals surface area contributed by atoms with E-state index in [-0.39, 0.29) is 5.91 Å². The first kappa shape index (κ1) is 17.4. The Morgan fingerprint density at radius 3 is 2.75 bits per heavy atom. The highest BCUT2D eigenvalue weighted by Crippen LogP contribution is 2.16. The number of hydrogen-bond donors (Lipinski definition) is 3. The van der Waals surface area contributed by atoms with Gasteiger partial charge in [0.2, 0.25) is 0 Å². The summed E-state index contributed by atoms with van der Waals surface area (Å²) < 4.78 is 0. The van der Waals surface area contributed by atoms with Gasteiger partial charge in [-0.2, -0.15) is 5.10 Å². The van der Waals surface area contributed by atoms with Crippen LogP contribution in [0.4, 0.5) is 0 Å². The van der Waals surface area contributed by atoms with Crippen molar-refractivity contribution in [3.8, 4) is 0 Å². The van der Waals surface area contributed by atoms with Gasteiger partial charge in [-0.25, -0.2) is 0 Å². The molecule has 134 valence electrons. The zero-order valence-electron chi connectivity index (χ0n) is 15.1. The lowest BCUT2D eigenvalue weighted by atomic mass is 10.0. The van der Waals surface area contributed by atoms with Crippen molar-refractivity contribution in [2.75, 3.05) is 46.3 Å². The topological polar surface area (TPSA) is 76.3 Å². The van der Waals surface area contributed by atoms with E-state index in [9.17, 15) is 4.79 Å². The van der Waals surface area contributed by atoms with Crippen LogP contribution in [0.3, 0.4) is 0 Å². The molecule has 1 saturated heterocycles. The van der Waals surface area contributed by atoms with Gasteiger partial charge in [0.05, 0.1) is 0 Å². The highest BCUT2D eigenvalue weighted by molar-refractivity contribution is 5.94. The molecule has 0 radical (unpaired) electrons. The number of H-pyrrole nitrogens is 1. The van der Waals surface area contributed by atoms with Crippen molar-refractivity contribution < 1.29 is 4.79 Å². The number of piperazine rings is 1. The summed E-state index contributed by atoms with van der Waals surface area (Å²) in [4.78, 5) is 17.5. The summed E-state index contributed by atoms with van der Waals surface area (Å²) in [7, 11) is 2.16. The number of likely N-dealkylation sites (N-methyl/N-ethyl adjacent to an activating group) is 1. The molecule has 3 heterocycles. The maximum absolute atomic E-state index is 12.6. The van der Waals surface area contributed by atoms with Gasteiger partial charge in [0.15, 0.2) is 5.69 Å². The molecule has 1 aromatic heterocycles. The maximum Gasteiger partial charge on any atom is 0.272 e. The van der Waals surface area contributed by atoms with Crippen LogP contribution in [-0.2, 0) is 13.0 Å². The van der Waals surface area contributed by atoms with Crippen molar-refractivity contribution in [3.05, 3.63) is 17.0 Å². The van der Waals surface area contributed by atoms with Crippen LogP contribution in [0.2, 0.25) is 0 Å². The second kappa shape index (κ2) is 7.63. The van der Waals surface area contributed by atoms with E-state index in [1.165, 1.54) is 0 Å². The number of fused-ring (bicyclic) bond motifs is 1. The minimum absolute atomic E-state index is 0.0593. The Kier molecular flexibility index (Phi) is 5.53. The highest BCUT2D eigenvalue weighted by atomic mass is 16.1. The molecule has 1 fully saturated rings. The summed E-state index contributed by atoms with van der Waals surface area (Å²) in [5.74, 6) is 0.444. The Bertz CT molecular complexity index is 561. The van der Waals surface area contributed by atoms with E-state index in [0.717, 1.165) is 56.9 Å². The summed E-state index contributed by atoms with van der Waals surface area (Å²) in [5.41, 5.74) is 2.68. The fourth-order valence-electron chi connectivity index (χ4n) is 3.63. The molecule has 2 aliphatic heterocycles. The number of amides is 1. The van der Waals surface area contributed by atoms with Gasteiger partial charge in [-0.15, -0.1) is 0 Å². The smallest absolute Gasteiger partial charge is 0.272 e. The summed E-state index contributed by atoms with van der Waals surface area (Å²) in [6, 6.07) is 0.371. The van der Waals surface area contributed by atoms with Gasteiger partial charge in [-0.1, -0.05) is 13.8 Å². The van der Waals surface area contributed by atoms with Crippen LogP contribution in [0.5, 0.6) is 0 Å². The molecule has 3 N–H and O–H groups in total. The lowest BCUT2D eigenvalue weighted by Gasteiger charge is -2.39. The average molecular weight is 334 g/mol. The fraction of sp³-hybridized carbons (Fsp3) is 0.765. The normalized spacial score (nSPS) is 20.8. The summed E-state index contributed by atoms with van der Waals surface area (Å²) in [5, 5.41) is 13.7. The van der Waals surface area contributed by atoms with E-state index >= 15 is 0 Å². The van der Waals surface area contributed by atoms with Crippen LogP contribution >= 0.6 is 0 Å². The first-order valence-corrected chi connectivity index (χ1v) is 9.04. The third-order valence-corrected chi connectivity index (χ3v) is 5.27. The Hall–Kier alpha value is -1.44. The van der Waals surface area contributed by atoms with E-state index in [4.69, 9.17) is 0 Å². The zero-order valence-corrected chi connectivity index (χ0v) is 15.1. The second-order valence-corrected chi connectivity index (χ2v) is 7.32. The van der Waals surface area contributed by atoms with Crippen LogP contribution in [0.25, 0.3) is 0 Å². The van der Waals surface area contributed by atoms with Crippen LogP contribution in [0.15, 0.2) is 0 Å². The van der Waals surface area contributed by atoms with Crippen molar-refractivity contribution in [2.45, 2.75) is 32.9 Å². The largest absolute Gasteiger partial charge is 0.349 e. The molecule has 0 saturated carbocycles. The summed E-state index contributed by atoms with van der Waals surface area (Å²) in [6.07, 6.45) is 0.908. The second-order valence-electron chi connectivity index (χ2n) is 7.32. The van der Waals surface area contributed by atoms with E-state index in [2.05, 4.69) is 51.5 Å². The lowest BCUT2D eigenvalue weighted by Crippen LogP contribution is -2.54. The van der Waals surface area contributed by atoms with Crippen LogP contribution in [-0.4, -0.2) is 78.3 Å². The number of hydrogen-bond acceptors (Lipinski definition) is 5. The van der Waals surface area contributed by atoms with E-state index < -0.39 is 0 Å². The minimum atomic E-state index is -0.0593. The molecule has 7 heteroatoms. The summed E-state index contributed by atoms with van der Waals surface area (Å²) >= 11 is 0. The molecule has 2 aliphatic rings. The van der Waals surface area contributed by atoms with Crippen LogP contribution in [0.1, 0.15) is 35.6 Å². The van der Waals surface area contributed by atoms with Crippen molar-refractivity contribution in [3.63, 3.8) is 0 Å². The molecule has 1 aromatic rings. The number of nitrogens with zero attached hydrogens (tertiary/aromatic N) is 3. The van der Waals surface area contributed by atoms with Crippen molar-refractivity contribution >= 4 is 5.91 Å². The van der Waals surface area contributed by atoms with E-state index in [1.807, 2.05) is 0 Å². The maximum atomic E-state index is 12.6. The standard InChI is InChI=1S/C17H30N6O/c1-12(2)15(23-8-6-22(3)7-9-23)11-19-17(24)16-13-10-18-5-4-14(13)20-21-16/h12,15,18H,4-11H2,1-3H3,(H,19,24)(H,20,21). The van der Waals surface area contributed by atoms with Gasteiger partial charge in [-0.3, -0.25) is 14.8 Å². The van der Waals surface area contributed by atoms with Crippen LogP contribution in [0, 0.1) is 5.92 Å². The zero-order chi connectivity index (χ0) is 17.1. The van der Waals surface area contributed by atoms with Gasteiger partial charge >= 0.3 is 0 Å². The number of carbonyl (C=O) groups is 1. The van der Waals surface area contributed by atoms with E-state index in [0.29, 0.717) is 24.2 Å². The molecule has 1 unspecified atom stereocenters. The molecule has 0 bridgehead atoms. The molecule has 0 spiro atoms. The molecule has 1 atom stereocenters. The first-order valence-electron chi connectivity index (χ1n) is 9.04. The SMILES string of the molecule is CC(C)C(CNC(=O)c1n[nH]c2c1CNCC2)N1CCN(C)CC1. The van der Waals surface area contributed by atoms with Gasteiger partial charge in [-0.05, 0) is 13.0 Å². The predicted octanol–water partition coefficient (Wildman–Crippen LogP) is 0.0572. The van der Waals surface area contributed by atoms with Gasteiger partial charge < -0.3 is 15.5 Å². The number of carbonyl (C=O) groups excluding carboxylic acids is 1. The third kappa shape index (κ3) is 3.79. The van der Waals surface area contributed by atoms with Gasteiger partial charge in [0.25, 0.3) is 5.91 Å². The number of nitrogens with one attached hydrogen (secondary N) is 3. The molecular formula is C17H30N6O. The Labute approximate surface area is 144 Å². The average Bonchev–Trinajstić information content (AvgIpc) is 3.00. The molecular weight excluding hydrogens is 304 g/mol. The molecule has 3 rings (SSSR count). The Balaban J connectivity index is 1.60. The molecule has 7 nitrogen and oxygen atoms in total. The van der Waals surface area contributed by atoms with Gasteiger partial charge in [0, 0.05) is 69.5 Å². The van der Waals surface area contributed by atoms with Crippen molar-refractivity contribution in [1.29, 1.82) is 0 Å². The van der Waals surface area contributed by atoms with Crippen LogP contribution < -0.4 is 10.6 Å². The molecule has 24 heavy (non-hydrogen) atoms. The van der Waals surface area contributed by atoms with Crippen molar-refractivity contribution in [2.24, 2.45) is 5.92 Å². The van der Waals surface area contributed by atoms with E-state index in [1.54, 1.807) is 0 Å². The van der Waals surface area contributed by atoms with Gasteiger partial charge in [0.1, 0.15) is 0 Å². The lowest BCUT2D eigenvalue weighted by molar-refractivity contribution is 0.0788. The molecule has 0 aromatic carbocycles. The Morgan fingerprint density at radius 2 is 2.04 bits per heavy atom. The fourth-order valence-corrected chi connectivity index (χ4v) is 3.63. The monoisotopic (exact) mass is 334 g/mol. The first-order chi connectivity index (χ1) is 11.6. The molecule has 1 amide bonds. The number of rotatable bonds is 5. The minimum Gasteiger partial charge on any atom is -0.349 e. The predicted molar refractivity (Wildman–Crippen MR) is 94.0 cm³/mol. The highest BCUT2D eigenvalue weighted by Gasteiger charge is 2.27. The number of aromatic nitrogens is 2. The number of aromatic amines is 1. The Morgan fingerprint density at radius 1 is 1.29 bits per heavy atom. The third-order valence-electron chi connectivity index (χ3n) is 5.27. The van der Waals surface area contributed by atoms with Crippen molar-refractivity contribution in [1.82, 2.24) is 30.6 Å².